The highest BCUT2D eigenvalue weighted by molar-refractivity contribution is 7.92. The summed E-state index contributed by atoms with van der Waals surface area (Å²) in [5.41, 5.74) is 2.25. The summed E-state index contributed by atoms with van der Waals surface area (Å²) in [6, 6.07) is 21.4. The first-order valence-electron chi connectivity index (χ1n) is 13.5. The SMILES string of the molecule is CCOc1ccc(S(=O)(=O)N(CC(=O)N(Cc2ccc(C)cc2)[C@@H](C)C(=O)N[C@@H](C)CC)c2ccccc2)cc1. The molecule has 0 spiro atoms. The predicted octanol–water partition coefficient (Wildman–Crippen LogP) is 4.92. The largest absolute Gasteiger partial charge is 0.494 e. The number of para-hydroxylation sites is 1. The number of carbonyl (C=O) groups excluding carboxylic acids is 2. The summed E-state index contributed by atoms with van der Waals surface area (Å²) in [5, 5.41) is 2.94. The van der Waals surface area contributed by atoms with Crippen LogP contribution >= 0.6 is 0 Å². The van der Waals surface area contributed by atoms with E-state index < -0.39 is 28.5 Å². The highest BCUT2D eigenvalue weighted by Crippen LogP contribution is 2.26. The quantitative estimate of drug-likeness (QED) is 0.317. The number of aryl methyl sites for hydroxylation is 1. The maximum atomic E-state index is 13.9. The minimum Gasteiger partial charge on any atom is -0.494 e. The number of rotatable bonds is 13. The molecule has 2 amide bonds. The van der Waals surface area contributed by atoms with Crippen LogP contribution in [0.4, 0.5) is 5.69 Å². The molecule has 3 aromatic carbocycles. The number of anilines is 1. The Morgan fingerprint density at radius 3 is 2.10 bits per heavy atom. The molecule has 2 atom stereocenters. The van der Waals surface area contributed by atoms with Gasteiger partial charge in [-0.05, 0) is 76.1 Å². The lowest BCUT2D eigenvalue weighted by Gasteiger charge is -2.32. The van der Waals surface area contributed by atoms with Crippen molar-refractivity contribution in [1.29, 1.82) is 0 Å². The summed E-state index contributed by atoms with van der Waals surface area (Å²) in [6.07, 6.45) is 0.743. The van der Waals surface area contributed by atoms with E-state index in [9.17, 15) is 18.0 Å². The van der Waals surface area contributed by atoms with Gasteiger partial charge in [-0.1, -0.05) is 55.0 Å². The van der Waals surface area contributed by atoms with Crippen molar-refractivity contribution in [3.05, 3.63) is 90.0 Å². The molecular formula is C31H39N3O5S. The maximum Gasteiger partial charge on any atom is 0.264 e. The van der Waals surface area contributed by atoms with E-state index in [1.165, 1.54) is 17.0 Å². The molecule has 0 saturated heterocycles. The summed E-state index contributed by atoms with van der Waals surface area (Å²) in [5.74, 6) is -0.240. The van der Waals surface area contributed by atoms with E-state index in [-0.39, 0.29) is 23.4 Å². The average Bonchev–Trinajstić information content (AvgIpc) is 2.95. The van der Waals surface area contributed by atoms with Gasteiger partial charge < -0.3 is 15.0 Å². The average molecular weight is 566 g/mol. The van der Waals surface area contributed by atoms with Crippen LogP contribution in [0.25, 0.3) is 0 Å². The number of benzene rings is 3. The third-order valence-electron chi connectivity index (χ3n) is 6.69. The lowest BCUT2D eigenvalue weighted by molar-refractivity contribution is -0.139. The van der Waals surface area contributed by atoms with E-state index in [1.54, 1.807) is 49.4 Å². The van der Waals surface area contributed by atoms with E-state index in [4.69, 9.17) is 4.74 Å². The molecule has 214 valence electrons. The van der Waals surface area contributed by atoms with Gasteiger partial charge in [-0.15, -0.1) is 0 Å². The molecule has 0 saturated carbocycles. The van der Waals surface area contributed by atoms with Gasteiger partial charge >= 0.3 is 0 Å². The molecular weight excluding hydrogens is 526 g/mol. The van der Waals surface area contributed by atoms with Gasteiger partial charge in [0.1, 0.15) is 18.3 Å². The van der Waals surface area contributed by atoms with Crippen LogP contribution in [-0.2, 0) is 26.2 Å². The number of hydrogen-bond acceptors (Lipinski definition) is 5. The van der Waals surface area contributed by atoms with Gasteiger partial charge in [-0.3, -0.25) is 13.9 Å². The van der Waals surface area contributed by atoms with E-state index in [2.05, 4.69) is 5.32 Å². The third kappa shape index (κ3) is 7.85. The second-order valence-electron chi connectivity index (χ2n) is 9.75. The van der Waals surface area contributed by atoms with Gasteiger partial charge in [0.25, 0.3) is 10.0 Å². The molecule has 0 radical (unpaired) electrons. The van der Waals surface area contributed by atoms with Crippen molar-refractivity contribution in [3.8, 4) is 5.75 Å². The van der Waals surface area contributed by atoms with E-state index in [1.807, 2.05) is 52.0 Å². The smallest absolute Gasteiger partial charge is 0.264 e. The highest BCUT2D eigenvalue weighted by Gasteiger charge is 2.32. The number of amides is 2. The van der Waals surface area contributed by atoms with Crippen LogP contribution in [-0.4, -0.2) is 50.4 Å². The van der Waals surface area contributed by atoms with Crippen LogP contribution in [0.3, 0.4) is 0 Å². The zero-order valence-electron chi connectivity index (χ0n) is 23.8. The molecule has 0 bridgehead atoms. The summed E-state index contributed by atoms with van der Waals surface area (Å²) in [4.78, 5) is 28.5. The fourth-order valence-electron chi connectivity index (χ4n) is 4.06. The maximum absolute atomic E-state index is 13.9. The molecule has 1 N–H and O–H groups in total. The number of hydrogen-bond donors (Lipinski definition) is 1. The molecule has 0 fully saturated rings. The summed E-state index contributed by atoms with van der Waals surface area (Å²) in [6.45, 7) is 9.48. The van der Waals surface area contributed by atoms with Crippen LogP contribution in [0, 0.1) is 6.92 Å². The molecule has 0 aliphatic heterocycles. The van der Waals surface area contributed by atoms with Gasteiger partial charge in [-0.2, -0.15) is 0 Å². The molecule has 3 rings (SSSR count). The Hall–Kier alpha value is -3.85. The van der Waals surface area contributed by atoms with Crippen molar-refractivity contribution in [2.45, 2.75) is 64.6 Å². The van der Waals surface area contributed by atoms with Gasteiger partial charge in [0, 0.05) is 12.6 Å². The molecule has 3 aromatic rings. The normalized spacial score (nSPS) is 12.7. The molecule has 40 heavy (non-hydrogen) atoms. The Bertz CT molecular complexity index is 1360. The number of nitrogens with one attached hydrogen (secondary N) is 1. The predicted molar refractivity (Wildman–Crippen MR) is 158 cm³/mol. The van der Waals surface area contributed by atoms with Crippen molar-refractivity contribution < 1.29 is 22.7 Å². The van der Waals surface area contributed by atoms with E-state index in [0.29, 0.717) is 18.0 Å². The molecule has 0 aromatic heterocycles. The molecule has 0 aliphatic rings. The number of nitrogens with zero attached hydrogens (tertiary/aromatic N) is 2. The minimum absolute atomic E-state index is 0.0280. The first-order chi connectivity index (χ1) is 19.1. The zero-order valence-corrected chi connectivity index (χ0v) is 24.6. The number of carbonyl (C=O) groups is 2. The fourth-order valence-corrected chi connectivity index (χ4v) is 5.48. The lowest BCUT2D eigenvalue weighted by atomic mass is 10.1. The fraction of sp³-hybridized carbons (Fsp3) is 0.355. The third-order valence-corrected chi connectivity index (χ3v) is 8.48. The Labute approximate surface area is 238 Å². The number of ether oxygens (including phenoxy) is 1. The first-order valence-corrected chi connectivity index (χ1v) is 15.0. The molecule has 0 unspecified atom stereocenters. The Morgan fingerprint density at radius 1 is 0.900 bits per heavy atom. The van der Waals surface area contributed by atoms with Gasteiger partial charge in [-0.25, -0.2) is 8.42 Å². The van der Waals surface area contributed by atoms with Crippen molar-refractivity contribution in [1.82, 2.24) is 10.2 Å². The van der Waals surface area contributed by atoms with Crippen molar-refractivity contribution in [3.63, 3.8) is 0 Å². The van der Waals surface area contributed by atoms with Crippen LogP contribution in [0.2, 0.25) is 0 Å². The Morgan fingerprint density at radius 2 is 1.52 bits per heavy atom. The second-order valence-corrected chi connectivity index (χ2v) is 11.6. The van der Waals surface area contributed by atoms with Gasteiger partial charge in [0.05, 0.1) is 17.2 Å². The lowest BCUT2D eigenvalue weighted by Crippen LogP contribution is -2.52. The second kappa shape index (κ2) is 14.0. The summed E-state index contributed by atoms with van der Waals surface area (Å²) >= 11 is 0. The number of sulfonamides is 1. The van der Waals surface area contributed by atoms with Crippen LogP contribution in [0.1, 0.15) is 45.2 Å². The van der Waals surface area contributed by atoms with Crippen molar-refractivity contribution in [2.75, 3.05) is 17.5 Å². The molecule has 8 nitrogen and oxygen atoms in total. The Balaban J connectivity index is 1.98. The Kier molecular flexibility index (Phi) is 10.7. The molecule has 0 aliphatic carbocycles. The van der Waals surface area contributed by atoms with Crippen molar-refractivity contribution >= 4 is 27.5 Å². The minimum atomic E-state index is -4.13. The first kappa shape index (κ1) is 30.7. The summed E-state index contributed by atoms with van der Waals surface area (Å²) < 4.78 is 34.3. The van der Waals surface area contributed by atoms with Crippen molar-refractivity contribution in [2.24, 2.45) is 0 Å². The monoisotopic (exact) mass is 565 g/mol. The summed E-state index contributed by atoms with van der Waals surface area (Å²) in [7, 11) is -4.13. The van der Waals surface area contributed by atoms with E-state index >= 15 is 0 Å². The van der Waals surface area contributed by atoms with Crippen LogP contribution in [0.5, 0.6) is 5.75 Å². The highest BCUT2D eigenvalue weighted by atomic mass is 32.2. The zero-order chi connectivity index (χ0) is 29.3. The van der Waals surface area contributed by atoms with Gasteiger partial charge in [0.15, 0.2) is 0 Å². The van der Waals surface area contributed by atoms with Crippen LogP contribution in [0.15, 0.2) is 83.8 Å². The molecule has 0 heterocycles. The standard InChI is InChI=1S/C31H39N3O5S/c1-6-24(4)32-31(36)25(5)33(21-26-15-13-23(3)14-16-26)30(35)22-34(27-11-9-8-10-12-27)40(37,38)29-19-17-28(18-20-29)39-7-2/h8-20,24-25H,6-7,21-22H2,1-5H3,(H,32,36)/t24-,25-/m0/s1. The topological polar surface area (TPSA) is 96.0 Å². The van der Waals surface area contributed by atoms with Gasteiger partial charge in [0.2, 0.25) is 11.8 Å². The van der Waals surface area contributed by atoms with Crippen LogP contribution < -0.4 is 14.4 Å². The molecule has 9 heteroatoms. The van der Waals surface area contributed by atoms with E-state index in [0.717, 1.165) is 21.9 Å².